The fourth-order valence-electron chi connectivity index (χ4n) is 17.5. The Bertz CT molecular complexity index is 5200. The van der Waals surface area contributed by atoms with Crippen LogP contribution >= 0.6 is 11.6 Å². The molecule has 0 spiro atoms. The van der Waals surface area contributed by atoms with Crippen LogP contribution in [0.3, 0.4) is 0 Å². The van der Waals surface area contributed by atoms with Gasteiger partial charge in [-0.05, 0) is 278 Å². The van der Waals surface area contributed by atoms with Crippen LogP contribution in [-0.4, -0.2) is 88.3 Å². The van der Waals surface area contributed by atoms with Crippen molar-refractivity contribution in [1.82, 2.24) is 19.9 Å². The van der Waals surface area contributed by atoms with Crippen LogP contribution in [-0.2, 0) is 74.8 Å². The zero-order valence-corrected chi connectivity index (χ0v) is 77.2. The number of fused-ring (bicyclic) bond motifs is 5. The van der Waals surface area contributed by atoms with E-state index in [1.54, 1.807) is 54.9 Å². The highest BCUT2D eigenvalue weighted by Crippen LogP contribution is 2.52. The van der Waals surface area contributed by atoms with Gasteiger partial charge in [-0.2, -0.15) is 0 Å². The summed E-state index contributed by atoms with van der Waals surface area (Å²) in [6.07, 6.45) is 18.6. The number of nitrogen functional groups attached to an aromatic ring is 1. The Labute approximate surface area is 724 Å². The summed E-state index contributed by atoms with van der Waals surface area (Å²) in [5, 5.41) is 20.3. The molecule has 121 heavy (non-hydrogen) atoms. The zero-order chi connectivity index (χ0) is 89.6. The molecule has 9 aromatic rings. The highest BCUT2D eigenvalue weighted by Gasteiger charge is 2.43. The molecule has 3 N–H and O–H groups in total. The second-order valence-electron chi connectivity index (χ2n) is 39.6. The standard InChI is InChI=1S/C23H30N2O2.C22H28N2O2.C22H27NO2.C14H19NO2.C14H21N.C7H6ClNO2/c1-7-25(20-11-8-16(15-24-20)21(26)27-6)17-9-10-18-19(14-17)23(4,5)13-12-22(18,2)3;1-6-24(19-10-7-15(14-23-19)20(25)26)16-8-9-17-18(13-16)22(4,5)12-11-21(17,2)3;1-21(2)10-11-22(3,4)19-13-15(6-9-18(19)21)12-17-8-7-16(14-23-17)20(24)25-5;1-13(2)7-8-14(3,4)12-9-10(15(16)17)5-6-11(12)13;1-13(2)7-8-14(3,4)12-9-10(15)5-6-11(12)13;1-11-7(10)5-2-3-6(8)9-4-5/h8-11,14-15H,7,12-13H2,1-6H3;7-10,13-14H,6,11-12H2,1-5H3,(H,25,26);6-9,13-14H,10-12H2,1-5H3;5-6,9H,7-8H2,1-4H3;5-6,9H,7-8,15H2,1-4H3;2-4H,1H3. The van der Waals surface area contributed by atoms with E-state index < -0.39 is 11.9 Å². The van der Waals surface area contributed by atoms with E-state index in [4.69, 9.17) is 31.9 Å². The summed E-state index contributed by atoms with van der Waals surface area (Å²) >= 11 is 5.50. The molecule has 0 fully saturated rings. The van der Waals surface area contributed by atoms with Gasteiger partial charge in [0, 0.05) is 79.2 Å². The summed E-state index contributed by atoms with van der Waals surface area (Å²) in [6.45, 7) is 51.8. The van der Waals surface area contributed by atoms with Gasteiger partial charge in [0.2, 0.25) is 0 Å². The van der Waals surface area contributed by atoms with Crippen molar-refractivity contribution in [2.24, 2.45) is 0 Å². The molecule has 0 aliphatic heterocycles. The first-order chi connectivity index (χ1) is 56.4. The van der Waals surface area contributed by atoms with Crippen molar-refractivity contribution < 1.29 is 43.4 Å². The number of non-ortho nitro benzene ring substituents is 1. The molecule has 19 heteroatoms. The Kier molecular flexibility index (Phi) is 29.0. The molecule has 5 aromatic carbocycles. The maximum atomic E-state index is 11.7. The molecular formula is C102H131ClN8O10. The topological polar surface area (TPSA) is 243 Å². The third kappa shape index (κ3) is 22.1. The number of hydrogen-bond acceptors (Lipinski definition) is 16. The predicted octanol–water partition coefficient (Wildman–Crippen LogP) is 24.6. The van der Waals surface area contributed by atoms with E-state index >= 15 is 0 Å². The quantitative estimate of drug-likeness (QED) is 0.0272. The van der Waals surface area contributed by atoms with Gasteiger partial charge in [0.15, 0.2) is 0 Å². The number of rotatable bonds is 13. The Morgan fingerprint density at radius 2 is 0.694 bits per heavy atom. The Morgan fingerprint density at radius 3 is 1.02 bits per heavy atom. The third-order valence-corrected chi connectivity index (χ3v) is 26.5. The zero-order valence-electron chi connectivity index (χ0n) is 76.5. The first-order valence-electron chi connectivity index (χ1n) is 42.5. The van der Waals surface area contributed by atoms with Crippen molar-refractivity contribution >= 4 is 69.9 Å². The number of nitro groups is 1. The van der Waals surface area contributed by atoms with Crippen molar-refractivity contribution in [1.29, 1.82) is 0 Å². The summed E-state index contributed by atoms with van der Waals surface area (Å²) in [7, 11) is 4.08. The molecule has 0 saturated carbocycles. The monoisotopic (exact) mass is 1660 g/mol. The first kappa shape index (κ1) is 94.5. The first-order valence-corrected chi connectivity index (χ1v) is 42.9. The smallest absolute Gasteiger partial charge is 0.339 e. The van der Waals surface area contributed by atoms with E-state index in [0.29, 0.717) is 27.3 Å². The van der Waals surface area contributed by atoms with Crippen molar-refractivity contribution in [2.75, 3.05) is 50.0 Å². The molecule has 0 radical (unpaired) electrons. The number of methoxy groups -OCH3 is 3. The van der Waals surface area contributed by atoms with Crippen molar-refractivity contribution in [3.8, 4) is 0 Å². The van der Waals surface area contributed by atoms with E-state index in [9.17, 15) is 29.3 Å². The van der Waals surface area contributed by atoms with Crippen LogP contribution in [0, 0.1) is 10.1 Å². The van der Waals surface area contributed by atoms with Gasteiger partial charge >= 0.3 is 23.9 Å². The minimum Gasteiger partial charge on any atom is -0.478 e. The number of halogens is 1. The highest BCUT2D eigenvalue weighted by molar-refractivity contribution is 6.29. The van der Waals surface area contributed by atoms with E-state index in [0.717, 1.165) is 72.3 Å². The van der Waals surface area contributed by atoms with E-state index in [2.05, 4.69) is 254 Å². The molecule has 0 atom stereocenters. The van der Waals surface area contributed by atoms with Crippen LogP contribution < -0.4 is 15.5 Å². The number of nitro benzene ring substituents is 1. The Morgan fingerprint density at radius 1 is 0.388 bits per heavy atom. The normalized spacial score (nSPS) is 17.7. The lowest BCUT2D eigenvalue weighted by molar-refractivity contribution is -0.385. The average Bonchev–Trinajstić information content (AvgIpc) is 0.784. The molecule has 4 aromatic heterocycles. The maximum Gasteiger partial charge on any atom is 0.339 e. The summed E-state index contributed by atoms with van der Waals surface area (Å²) in [6, 6.07) is 46.0. The molecule has 18 nitrogen and oxygen atoms in total. The number of ether oxygens (including phenoxy) is 3. The lowest BCUT2D eigenvalue weighted by atomic mass is 9.63. The van der Waals surface area contributed by atoms with Gasteiger partial charge in [-0.15, -0.1) is 0 Å². The molecule has 5 aliphatic carbocycles. The summed E-state index contributed by atoms with van der Waals surface area (Å²) in [4.78, 5) is 76.9. The fourth-order valence-corrected chi connectivity index (χ4v) is 17.6. The van der Waals surface area contributed by atoms with Crippen LogP contribution in [0.25, 0.3) is 0 Å². The van der Waals surface area contributed by atoms with Gasteiger partial charge < -0.3 is 34.9 Å². The summed E-state index contributed by atoms with van der Waals surface area (Å²) in [5.74, 6) is -0.478. The van der Waals surface area contributed by atoms with Gasteiger partial charge in [0.25, 0.3) is 5.69 Å². The molecule has 4 heterocycles. The molecule has 14 rings (SSSR count). The van der Waals surface area contributed by atoms with E-state index in [1.165, 1.54) is 147 Å². The number of nitrogens with two attached hydrogens (primary N) is 1. The highest BCUT2D eigenvalue weighted by atomic mass is 35.5. The molecule has 0 bridgehead atoms. The number of carbonyl (C=O) groups excluding carboxylic acids is 3. The van der Waals surface area contributed by atoms with Gasteiger partial charge in [-0.3, -0.25) is 15.1 Å². The number of aromatic carboxylic acids is 1. The SMILES string of the molecule is CC1(C)CCC(C)(C)c2cc(N)ccc21.CC1(C)CCC(C)(C)c2cc([N+](=O)[O-])ccc21.CCN(c1ccc2c(c1)C(C)(C)CCC2(C)C)c1ccc(C(=O)O)cn1.CCN(c1ccc2c(c1)C(C)(C)CCC2(C)C)c1ccc(C(=O)OC)cn1.COC(=O)c1ccc(Cc2ccc3c(c2)C(C)(C)CCC3(C)C)nc1.COC(=O)c1ccc(Cl)nc1. The maximum absolute atomic E-state index is 11.7. The van der Waals surface area contributed by atoms with Crippen LogP contribution in [0.1, 0.15) is 325 Å². The van der Waals surface area contributed by atoms with Crippen LogP contribution in [0.2, 0.25) is 5.15 Å². The number of hydrogen-bond donors (Lipinski definition) is 2. The number of esters is 3. The van der Waals surface area contributed by atoms with Crippen LogP contribution in [0.5, 0.6) is 0 Å². The van der Waals surface area contributed by atoms with Crippen molar-refractivity contribution in [2.45, 2.75) is 277 Å². The average molecular weight is 1660 g/mol. The molecule has 0 unspecified atom stereocenters. The van der Waals surface area contributed by atoms with Crippen molar-refractivity contribution in [3.63, 3.8) is 0 Å². The minimum absolute atomic E-state index is 0.0386. The van der Waals surface area contributed by atoms with Gasteiger partial charge in [-0.25, -0.2) is 34.1 Å². The van der Waals surface area contributed by atoms with Crippen molar-refractivity contribution in [3.05, 3.63) is 269 Å². The number of nitrogens with zero attached hydrogens (tertiary/aromatic N) is 7. The van der Waals surface area contributed by atoms with Crippen LogP contribution in [0.15, 0.2) is 164 Å². The Hall–Kier alpha value is -10.3. The van der Waals surface area contributed by atoms with E-state index in [1.807, 2.05) is 24.3 Å². The summed E-state index contributed by atoms with van der Waals surface area (Å²) < 4.78 is 13.9. The second-order valence-corrected chi connectivity index (χ2v) is 40.0. The molecule has 646 valence electrons. The number of pyridine rings is 4. The van der Waals surface area contributed by atoms with Gasteiger partial charge in [-0.1, -0.05) is 193 Å². The molecule has 0 amide bonds. The lowest BCUT2D eigenvalue weighted by Crippen LogP contribution is -2.34. The molecular weight excluding hydrogens is 1530 g/mol. The molecule has 0 saturated heterocycles. The molecule has 5 aliphatic rings. The second kappa shape index (κ2) is 37.2. The Balaban J connectivity index is 0.000000169. The minimum atomic E-state index is -0.954. The fraction of sp³-hybridized carbons (Fsp3) is 0.471. The number of anilines is 5. The lowest BCUT2D eigenvalue weighted by Gasteiger charge is -2.42. The number of benzene rings is 5. The predicted molar refractivity (Wildman–Crippen MR) is 491 cm³/mol. The number of aromatic nitrogens is 4. The van der Waals surface area contributed by atoms with Gasteiger partial charge in [0.1, 0.15) is 16.8 Å². The van der Waals surface area contributed by atoms with Gasteiger partial charge in [0.05, 0.1) is 48.5 Å². The largest absolute Gasteiger partial charge is 0.478 e. The summed E-state index contributed by atoms with van der Waals surface area (Å²) in [5.41, 5.74) is 28.9. The third-order valence-electron chi connectivity index (χ3n) is 26.3. The number of carboxylic acid groups (broad SMARTS) is 1. The van der Waals surface area contributed by atoms with Crippen LogP contribution in [0.4, 0.5) is 34.4 Å². The van der Waals surface area contributed by atoms with E-state index in [-0.39, 0.29) is 76.8 Å². The number of carbonyl (C=O) groups is 4. The number of carboxylic acids is 1.